The molecule has 1 aliphatic heterocycles. The average molecular weight is 276 g/mol. The van der Waals surface area contributed by atoms with E-state index in [1.54, 1.807) is 13.8 Å². The summed E-state index contributed by atoms with van der Waals surface area (Å²) in [6.07, 6.45) is 1.36. The van der Waals surface area contributed by atoms with Gasteiger partial charge in [0.2, 0.25) is 0 Å². The number of carboxylic acid groups (broad SMARTS) is 1. The molecule has 0 aromatic heterocycles. The van der Waals surface area contributed by atoms with Crippen LogP contribution in [-0.2, 0) is 15.6 Å². The molecule has 6 nitrogen and oxygen atoms in total. The summed E-state index contributed by atoms with van der Waals surface area (Å²) in [6.45, 7) is 3.48. The van der Waals surface area contributed by atoms with Crippen LogP contribution in [0.4, 0.5) is 4.79 Å². The maximum atomic E-state index is 11.7. The Kier molecular flexibility index (Phi) is 5.58. The van der Waals surface area contributed by atoms with Gasteiger partial charge in [0.15, 0.2) is 0 Å². The predicted octanol–water partition coefficient (Wildman–Crippen LogP) is 0.306. The molecule has 1 saturated heterocycles. The zero-order valence-corrected chi connectivity index (χ0v) is 11.5. The van der Waals surface area contributed by atoms with Crippen molar-refractivity contribution in [3.05, 3.63) is 0 Å². The minimum atomic E-state index is -1.04. The molecule has 1 fully saturated rings. The highest BCUT2D eigenvalue weighted by atomic mass is 32.2. The molecule has 0 spiro atoms. The van der Waals surface area contributed by atoms with Crippen LogP contribution in [0.2, 0.25) is 0 Å². The van der Waals surface area contributed by atoms with Gasteiger partial charge in [0.1, 0.15) is 6.04 Å². The van der Waals surface area contributed by atoms with Crippen LogP contribution in [-0.4, -0.2) is 44.9 Å². The first-order chi connectivity index (χ1) is 8.40. The highest BCUT2D eigenvalue weighted by Gasteiger charge is 2.25. The number of urea groups is 1. The third-order valence-electron chi connectivity index (χ3n) is 2.94. The smallest absolute Gasteiger partial charge is 0.326 e. The van der Waals surface area contributed by atoms with Gasteiger partial charge in [-0.3, -0.25) is 4.21 Å². The molecule has 1 unspecified atom stereocenters. The number of carbonyl (C=O) groups is 2. The Labute approximate surface area is 109 Å². The molecule has 1 atom stereocenters. The summed E-state index contributed by atoms with van der Waals surface area (Å²) >= 11 is 0. The molecule has 104 valence electrons. The highest BCUT2D eigenvalue weighted by molar-refractivity contribution is 7.85. The van der Waals surface area contributed by atoms with Gasteiger partial charge < -0.3 is 15.7 Å². The monoisotopic (exact) mass is 276 g/mol. The summed E-state index contributed by atoms with van der Waals surface area (Å²) in [5, 5.41) is 14.1. The molecule has 0 radical (unpaired) electrons. The molecule has 0 aliphatic carbocycles. The van der Waals surface area contributed by atoms with Crippen molar-refractivity contribution in [3.63, 3.8) is 0 Å². The van der Waals surface area contributed by atoms with Crippen molar-refractivity contribution >= 4 is 22.8 Å². The minimum Gasteiger partial charge on any atom is -0.480 e. The number of amides is 2. The SMILES string of the molecule is CC(C)C(NC(=O)NC1CCS(=O)CC1)C(=O)O. The zero-order chi connectivity index (χ0) is 13.7. The third-order valence-corrected chi connectivity index (χ3v) is 4.32. The van der Waals surface area contributed by atoms with E-state index in [2.05, 4.69) is 10.6 Å². The van der Waals surface area contributed by atoms with Crippen molar-refractivity contribution in [2.24, 2.45) is 5.92 Å². The van der Waals surface area contributed by atoms with Crippen molar-refractivity contribution in [1.29, 1.82) is 0 Å². The Morgan fingerprint density at radius 1 is 1.28 bits per heavy atom. The van der Waals surface area contributed by atoms with Crippen LogP contribution >= 0.6 is 0 Å². The second kappa shape index (κ2) is 6.72. The van der Waals surface area contributed by atoms with E-state index in [0.717, 1.165) is 0 Å². The molecule has 0 bridgehead atoms. The Hall–Kier alpha value is -1.11. The van der Waals surface area contributed by atoms with Gasteiger partial charge in [0.25, 0.3) is 0 Å². The summed E-state index contributed by atoms with van der Waals surface area (Å²) in [4.78, 5) is 22.6. The van der Waals surface area contributed by atoms with Crippen LogP contribution in [0.5, 0.6) is 0 Å². The summed E-state index contributed by atoms with van der Waals surface area (Å²) in [6, 6.07) is -1.36. The highest BCUT2D eigenvalue weighted by Crippen LogP contribution is 2.09. The van der Waals surface area contributed by atoms with Gasteiger partial charge in [0.05, 0.1) is 0 Å². The predicted molar refractivity (Wildman–Crippen MR) is 68.8 cm³/mol. The van der Waals surface area contributed by atoms with E-state index in [0.29, 0.717) is 24.3 Å². The molecule has 0 aromatic rings. The maximum Gasteiger partial charge on any atom is 0.326 e. The second-order valence-corrected chi connectivity index (χ2v) is 6.50. The van der Waals surface area contributed by atoms with E-state index in [1.807, 2.05) is 0 Å². The first-order valence-corrected chi connectivity index (χ1v) is 7.53. The van der Waals surface area contributed by atoms with Gasteiger partial charge >= 0.3 is 12.0 Å². The zero-order valence-electron chi connectivity index (χ0n) is 10.6. The summed E-state index contributed by atoms with van der Waals surface area (Å²) in [5.74, 6) is -0.0216. The molecule has 0 saturated carbocycles. The molecular weight excluding hydrogens is 256 g/mol. The maximum absolute atomic E-state index is 11.7. The molecule has 0 aromatic carbocycles. The lowest BCUT2D eigenvalue weighted by atomic mass is 10.1. The van der Waals surface area contributed by atoms with Crippen LogP contribution in [0.3, 0.4) is 0 Å². The van der Waals surface area contributed by atoms with Gasteiger partial charge in [-0.05, 0) is 18.8 Å². The van der Waals surface area contributed by atoms with Crippen molar-refractivity contribution in [1.82, 2.24) is 10.6 Å². The molecule has 3 N–H and O–H groups in total. The summed E-state index contributed by atoms with van der Waals surface area (Å²) < 4.78 is 11.2. The largest absolute Gasteiger partial charge is 0.480 e. The number of nitrogens with one attached hydrogen (secondary N) is 2. The molecule has 1 aliphatic rings. The summed E-state index contributed by atoms with van der Waals surface area (Å²) in [7, 11) is -0.767. The van der Waals surface area contributed by atoms with E-state index in [1.165, 1.54) is 0 Å². The fraction of sp³-hybridized carbons (Fsp3) is 0.818. The third kappa shape index (κ3) is 4.64. The number of aliphatic carboxylic acids is 1. The standard InChI is InChI=1S/C11H20N2O4S/c1-7(2)9(10(14)15)13-11(16)12-8-3-5-18(17)6-4-8/h7-9H,3-6H2,1-2H3,(H,14,15)(H2,12,13,16). The molecule has 1 rings (SSSR count). The van der Waals surface area contributed by atoms with Crippen molar-refractivity contribution < 1.29 is 18.9 Å². The van der Waals surface area contributed by atoms with Crippen molar-refractivity contribution in [2.75, 3.05) is 11.5 Å². The van der Waals surface area contributed by atoms with Gasteiger partial charge in [-0.25, -0.2) is 9.59 Å². The number of carbonyl (C=O) groups excluding carboxylic acids is 1. The molecule has 18 heavy (non-hydrogen) atoms. The fourth-order valence-electron chi connectivity index (χ4n) is 1.82. The number of rotatable bonds is 4. The van der Waals surface area contributed by atoms with Gasteiger partial charge in [-0.15, -0.1) is 0 Å². The lowest BCUT2D eigenvalue weighted by Gasteiger charge is -2.24. The fourth-order valence-corrected chi connectivity index (χ4v) is 3.12. The average Bonchev–Trinajstić information content (AvgIpc) is 2.28. The van der Waals surface area contributed by atoms with Crippen LogP contribution in [0.15, 0.2) is 0 Å². The van der Waals surface area contributed by atoms with E-state index in [9.17, 15) is 13.8 Å². The second-order valence-electron chi connectivity index (χ2n) is 4.80. The topological polar surface area (TPSA) is 95.5 Å². The molecular formula is C11H20N2O4S. The van der Waals surface area contributed by atoms with E-state index < -0.39 is 28.8 Å². The minimum absolute atomic E-state index is 0.00990. The van der Waals surface area contributed by atoms with Crippen LogP contribution in [0.25, 0.3) is 0 Å². The van der Waals surface area contributed by atoms with E-state index in [-0.39, 0.29) is 12.0 Å². The number of hydrogen-bond donors (Lipinski definition) is 3. The van der Waals surface area contributed by atoms with Crippen LogP contribution < -0.4 is 10.6 Å². The van der Waals surface area contributed by atoms with Gasteiger partial charge in [0, 0.05) is 28.3 Å². The van der Waals surface area contributed by atoms with E-state index >= 15 is 0 Å². The number of hydrogen-bond acceptors (Lipinski definition) is 3. The van der Waals surface area contributed by atoms with Crippen molar-refractivity contribution in [3.8, 4) is 0 Å². The van der Waals surface area contributed by atoms with Crippen molar-refractivity contribution in [2.45, 2.75) is 38.8 Å². The van der Waals surface area contributed by atoms with Gasteiger partial charge in [-0.1, -0.05) is 13.8 Å². The Bertz CT molecular complexity index is 336. The molecule has 7 heteroatoms. The van der Waals surface area contributed by atoms with Crippen LogP contribution in [0.1, 0.15) is 26.7 Å². The Morgan fingerprint density at radius 2 is 1.83 bits per heavy atom. The summed E-state index contributed by atoms with van der Waals surface area (Å²) in [5.41, 5.74) is 0. The first-order valence-electron chi connectivity index (χ1n) is 6.05. The Morgan fingerprint density at radius 3 is 2.28 bits per heavy atom. The van der Waals surface area contributed by atoms with Crippen LogP contribution in [0, 0.1) is 5.92 Å². The number of carboxylic acids is 1. The normalized spacial score (nSPS) is 25.5. The Balaban J connectivity index is 2.41. The lowest BCUT2D eigenvalue weighted by Crippen LogP contribution is -2.52. The quantitative estimate of drug-likeness (QED) is 0.688. The molecule has 1 heterocycles. The molecule has 2 amide bonds. The van der Waals surface area contributed by atoms with Gasteiger partial charge in [-0.2, -0.15) is 0 Å². The first kappa shape index (κ1) is 14.9. The van der Waals surface area contributed by atoms with E-state index in [4.69, 9.17) is 5.11 Å². The lowest BCUT2D eigenvalue weighted by molar-refractivity contribution is -0.140.